The van der Waals surface area contributed by atoms with E-state index in [4.69, 9.17) is 5.73 Å². The average Bonchev–Trinajstić information content (AvgIpc) is 3.10. The molecule has 0 bridgehead atoms. The number of phenolic OH excluding ortho intramolecular Hbond substituents is 1. The van der Waals surface area contributed by atoms with Crippen molar-refractivity contribution in [2.24, 2.45) is 11.1 Å². The number of carbonyl (C=O) groups excluding carboxylic acids is 1. The van der Waals surface area contributed by atoms with Gasteiger partial charge in [0.1, 0.15) is 5.75 Å². The maximum atomic E-state index is 11.9. The normalized spacial score (nSPS) is 16.6. The summed E-state index contributed by atoms with van der Waals surface area (Å²) in [5.74, 6) is 0.106. The van der Waals surface area contributed by atoms with Crippen LogP contribution in [0.1, 0.15) is 28.8 Å². The molecule has 0 aromatic heterocycles. The van der Waals surface area contributed by atoms with Gasteiger partial charge in [-0.3, -0.25) is 4.79 Å². The SMILES string of the molecule is Cc1cc(C(=O)NCC2(CN)CC2)ccc1O. The zero-order valence-corrected chi connectivity index (χ0v) is 9.99. The van der Waals surface area contributed by atoms with Crippen LogP contribution in [0.4, 0.5) is 0 Å². The number of nitrogens with two attached hydrogens (primary N) is 1. The predicted molar refractivity (Wildman–Crippen MR) is 65.9 cm³/mol. The first-order valence-electron chi connectivity index (χ1n) is 5.84. The van der Waals surface area contributed by atoms with Gasteiger partial charge in [0, 0.05) is 17.5 Å². The lowest BCUT2D eigenvalue weighted by atomic mass is 10.1. The van der Waals surface area contributed by atoms with Gasteiger partial charge in [-0.25, -0.2) is 0 Å². The Kier molecular flexibility index (Phi) is 3.07. The van der Waals surface area contributed by atoms with Crippen LogP contribution >= 0.6 is 0 Å². The Morgan fingerprint density at radius 2 is 2.24 bits per heavy atom. The Hall–Kier alpha value is -1.55. The quantitative estimate of drug-likeness (QED) is 0.732. The van der Waals surface area contributed by atoms with E-state index >= 15 is 0 Å². The van der Waals surface area contributed by atoms with E-state index < -0.39 is 0 Å². The molecule has 4 nitrogen and oxygen atoms in total. The molecule has 0 unspecified atom stereocenters. The molecule has 17 heavy (non-hydrogen) atoms. The summed E-state index contributed by atoms with van der Waals surface area (Å²) in [6.45, 7) is 3.04. The summed E-state index contributed by atoms with van der Waals surface area (Å²) in [7, 11) is 0. The predicted octanol–water partition coefficient (Wildman–Crippen LogP) is 1.17. The molecule has 1 amide bonds. The van der Waals surface area contributed by atoms with Crippen molar-refractivity contribution in [3.63, 3.8) is 0 Å². The second-order valence-corrected chi connectivity index (χ2v) is 4.89. The van der Waals surface area contributed by atoms with Crippen LogP contribution in [0.15, 0.2) is 18.2 Å². The molecule has 1 saturated carbocycles. The molecule has 0 spiro atoms. The summed E-state index contributed by atoms with van der Waals surface area (Å²) in [6.07, 6.45) is 2.19. The van der Waals surface area contributed by atoms with E-state index in [1.165, 1.54) is 0 Å². The lowest BCUT2D eigenvalue weighted by Crippen LogP contribution is -2.33. The van der Waals surface area contributed by atoms with Crippen LogP contribution in [0.2, 0.25) is 0 Å². The van der Waals surface area contributed by atoms with Crippen LogP contribution in [0.3, 0.4) is 0 Å². The minimum absolute atomic E-state index is 0.104. The third kappa shape index (κ3) is 2.58. The highest BCUT2D eigenvalue weighted by Crippen LogP contribution is 2.43. The van der Waals surface area contributed by atoms with Crippen molar-refractivity contribution in [1.82, 2.24) is 5.32 Å². The Labute approximate surface area is 101 Å². The topological polar surface area (TPSA) is 75.4 Å². The number of benzene rings is 1. The van der Waals surface area contributed by atoms with Crippen LogP contribution in [0, 0.1) is 12.3 Å². The van der Waals surface area contributed by atoms with Gasteiger partial charge in [0.2, 0.25) is 0 Å². The molecule has 1 aliphatic rings. The first kappa shape index (κ1) is 11.9. The minimum Gasteiger partial charge on any atom is -0.508 e. The summed E-state index contributed by atoms with van der Waals surface area (Å²) in [6, 6.07) is 4.85. The van der Waals surface area contributed by atoms with Gasteiger partial charge in [0.25, 0.3) is 5.91 Å². The number of hydrogen-bond donors (Lipinski definition) is 3. The highest BCUT2D eigenvalue weighted by atomic mass is 16.3. The lowest BCUT2D eigenvalue weighted by molar-refractivity contribution is 0.0945. The van der Waals surface area contributed by atoms with E-state index in [1.54, 1.807) is 25.1 Å². The van der Waals surface area contributed by atoms with E-state index in [0.29, 0.717) is 24.2 Å². The van der Waals surface area contributed by atoms with E-state index in [1.807, 2.05) is 0 Å². The molecule has 1 aromatic rings. The van der Waals surface area contributed by atoms with Gasteiger partial charge < -0.3 is 16.2 Å². The molecule has 0 atom stereocenters. The third-order valence-corrected chi connectivity index (χ3v) is 3.47. The minimum atomic E-state index is -0.104. The molecule has 1 aromatic carbocycles. The standard InChI is InChI=1S/C13H18N2O2/c1-9-6-10(2-3-11(9)16)12(17)15-8-13(7-14)4-5-13/h2-3,6,16H,4-5,7-8,14H2,1H3,(H,15,17). The summed E-state index contributed by atoms with van der Waals surface area (Å²) in [5, 5.41) is 12.3. The molecule has 0 heterocycles. The number of hydrogen-bond acceptors (Lipinski definition) is 3. The number of phenols is 1. The zero-order valence-electron chi connectivity index (χ0n) is 9.99. The second-order valence-electron chi connectivity index (χ2n) is 4.89. The van der Waals surface area contributed by atoms with Crippen LogP contribution < -0.4 is 11.1 Å². The van der Waals surface area contributed by atoms with Crippen molar-refractivity contribution in [2.45, 2.75) is 19.8 Å². The zero-order chi connectivity index (χ0) is 12.5. The number of amides is 1. The molecule has 2 rings (SSSR count). The molecule has 4 N–H and O–H groups in total. The summed E-state index contributed by atoms with van der Waals surface area (Å²) in [5.41, 5.74) is 7.08. The van der Waals surface area contributed by atoms with E-state index in [9.17, 15) is 9.90 Å². The first-order valence-corrected chi connectivity index (χ1v) is 5.84. The van der Waals surface area contributed by atoms with E-state index in [2.05, 4.69) is 5.32 Å². The largest absolute Gasteiger partial charge is 0.508 e. The van der Waals surface area contributed by atoms with Crippen molar-refractivity contribution >= 4 is 5.91 Å². The van der Waals surface area contributed by atoms with Gasteiger partial charge in [-0.1, -0.05) is 0 Å². The molecule has 0 aliphatic heterocycles. The fraction of sp³-hybridized carbons (Fsp3) is 0.462. The third-order valence-electron chi connectivity index (χ3n) is 3.47. The highest BCUT2D eigenvalue weighted by molar-refractivity contribution is 5.94. The second kappa shape index (κ2) is 4.37. The van der Waals surface area contributed by atoms with E-state index in [0.717, 1.165) is 12.8 Å². The summed E-state index contributed by atoms with van der Waals surface area (Å²) < 4.78 is 0. The van der Waals surface area contributed by atoms with Crippen molar-refractivity contribution in [1.29, 1.82) is 0 Å². The highest BCUT2D eigenvalue weighted by Gasteiger charge is 2.41. The number of carbonyl (C=O) groups is 1. The number of aromatic hydroxyl groups is 1. The van der Waals surface area contributed by atoms with Crippen molar-refractivity contribution in [2.75, 3.05) is 13.1 Å². The van der Waals surface area contributed by atoms with Crippen molar-refractivity contribution < 1.29 is 9.90 Å². The smallest absolute Gasteiger partial charge is 0.251 e. The van der Waals surface area contributed by atoms with Gasteiger partial charge in [0.15, 0.2) is 0 Å². The molecule has 0 saturated heterocycles. The van der Waals surface area contributed by atoms with Crippen LogP contribution in [-0.4, -0.2) is 24.1 Å². The van der Waals surface area contributed by atoms with Gasteiger partial charge >= 0.3 is 0 Å². The number of aryl methyl sites for hydroxylation is 1. The van der Waals surface area contributed by atoms with Gasteiger partial charge in [0.05, 0.1) is 0 Å². The average molecular weight is 234 g/mol. The first-order chi connectivity index (χ1) is 8.06. The molecule has 92 valence electrons. The van der Waals surface area contributed by atoms with Crippen LogP contribution in [0.25, 0.3) is 0 Å². The Morgan fingerprint density at radius 3 is 2.76 bits per heavy atom. The monoisotopic (exact) mass is 234 g/mol. The lowest BCUT2D eigenvalue weighted by Gasteiger charge is -2.13. The van der Waals surface area contributed by atoms with Crippen LogP contribution in [-0.2, 0) is 0 Å². The molecular weight excluding hydrogens is 216 g/mol. The Balaban J connectivity index is 1.97. The maximum Gasteiger partial charge on any atom is 0.251 e. The summed E-state index contributed by atoms with van der Waals surface area (Å²) in [4.78, 5) is 11.9. The molecule has 4 heteroatoms. The van der Waals surface area contributed by atoms with Gasteiger partial charge in [-0.05, 0) is 50.1 Å². The van der Waals surface area contributed by atoms with Gasteiger partial charge in [-0.2, -0.15) is 0 Å². The maximum absolute atomic E-state index is 11.9. The fourth-order valence-corrected chi connectivity index (χ4v) is 1.80. The molecule has 1 fully saturated rings. The van der Waals surface area contributed by atoms with Gasteiger partial charge in [-0.15, -0.1) is 0 Å². The number of rotatable bonds is 4. The fourth-order valence-electron chi connectivity index (χ4n) is 1.80. The van der Waals surface area contributed by atoms with Crippen LogP contribution in [0.5, 0.6) is 5.75 Å². The summed E-state index contributed by atoms with van der Waals surface area (Å²) >= 11 is 0. The number of nitrogens with one attached hydrogen (secondary N) is 1. The van der Waals surface area contributed by atoms with E-state index in [-0.39, 0.29) is 17.1 Å². The van der Waals surface area contributed by atoms with Crippen molar-refractivity contribution in [3.05, 3.63) is 29.3 Å². The Morgan fingerprint density at radius 1 is 1.53 bits per heavy atom. The molecule has 0 radical (unpaired) electrons. The van der Waals surface area contributed by atoms with Crippen molar-refractivity contribution in [3.8, 4) is 5.75 Å². The molecular formula is C13H18N2O2. The Bertz CT molecular complexity index is 439. The molecule has 1 aliphatic carbocycles.